The van der Waals surface area contributed by atoms with Crippen molar-refractivity contribution in [3.05, 3.63) is 0 Å². The van der Waals surface area contributed by atoms with Gasteiger partial charge in [-0.1, -0.05) is 25.9 Å². The lowest BCUT2D eigenvalue weighted by molar-refractivity contribution is -0.135. The van der Waals surface area contributed by atoms with Gasteiger partial charge in [0.25, 0.3) is 0 Å². The Labute approximate surface area is 114 Å². The SMILES string of the molecule is CCC(CSC)N(C)C(=O)C(C(N)=NO)C(C)C. The lowest BCUT2D eigenvalue weighted by atomic mass is 9.92. The highest BCUT2D eigenvalue weighted by atomic mass is 32.2. The lowest BCUT2D eigenvalue weighted by Gasteiger charge is -2.31. The molecule has 2 unspecified atom stereocenters. The second-order valence-corrected chi connectivity index (χ2v) is 5.62. The summed E-state index contributed by atoms with van der Waals surface area (Å²) in [5.74, 6) is 0.236. The summed E-state index contributed by atoms with van der Waals surface area (Å²) in [6.45, 7) is 5.84. The lowest BCUT2D eigenvalue weighted by Crippen LogP contribution is -2.47. The van der Waals surface area contributed by atoms with E-state index in [9.17, 15) is 4.79 Å². The first kappa shape index (κ1) is 17.1. The van der Waals surface area contributed by atoms with Crippen LogP contribution in [0.5, 0.6) is 0 Å². The Kier molecular flexibility index (Phi) is 7.82. The zero-order valence-electron chi connectivity index (χ0n) is 11.9. The van der Waals surface area contributed by atoms with E-state index in [-0.39, 0.29) is 23.7 Å². The van der Waals surface area contributed by atoms with Gasteiger partial charge in [0.05, 0.1) is 0 Å². The van der Waals surface area contributed by atoms with Gasteiger partial charge in [-0.05, 0) is 18.6 Å². The highest BCUT2D eigenvalue weighted by Crippen LogP contribution is 2.18. The van der Waals surface area contributed by atoms with Crippen LogP contribution in [0, 0.1) is 11.8 Å². The number of thioether (sulfide) groups is 1. The van der Waals surface area contributed by atoms with Crippen molar-refractivity contribution >= 4 is 23.5 Å². The van der Waals surface area contributed by atoms with E-state index in [2.05, 4.69) is 12.1 Å². The fraction of sp³-hybridized carbons (Fsp3) is 0.833. The standard InChI is InChI=1S/C12H25N3O2S/c1-6-9(7-18-5)15(4)12(16)10(8(2)3)11(13)14-17/h8-10,17H,6-7H2,1-5H3,(H2,13,14). The molecular weight excluding hydrogens is 250 g/mol. The van der Waals surface area contributed by atoms with Gasteiger partial charge in [0.1, 0.15) is 5.92 Å². The monoisotopic (exact) mass is 275 g/mol. The molecule has 0 spiro atoms. The summed E-state index contributed by atoms with van der Waals surface area (Å²) in [5, 5.41) is 11.8. The van der Waals surface area contributed by atoms with Crippen LogP contribution in [0.4, 0.5) is 0 Å². The fourth-order valence-corrected chi connectivity index (χ4v) is 2.75. The van der Waals surface area contributed by atoms with Crippen molar-refractivity contribution in [2.24, 2.45) is 22.7 Å². The van der Waals surface area contributed by atoms with Gasteiger partial charge in [0.15, 0.2) is 5.84 Å². The number of amides is 1. The van der Waals surface area contributed by atoms with E-state index in [1.54, 1.807) is 23.7 Å². The van der Waals surface area contributed by atoms with Gasteiger partial charge in [0, 0.05) is 18.8 Å². The number of nitrogens with two attached hydrogens (primary N) is 1. The summed E-state index contributed by atoms with van der Waals surface area (Å²) < 4.78 is 0. The first-order valence-electron chi connectivity index (χ1n) is 6.13. The minimum Gasteiger partial charge on any atom is -0.409 e. The van der Waals surface area contributed by atoms with Crippen LogP contribution in [0.25, 0.3) is 0 Å². The quantitative estimate of drug-likeness (QED) is 0.320. The Morgan fingerprint density at radius 1 is 1.50 bits per heavy atom. The van der Waals surface area contributed by atoms with Crippen molar-refractivity contribution in [1.29, 1.82) is 0 Å². The molecule has 0 heterocycles. The third-order valence-electron chi connectivity index (χ3n) is 3.09. The number of carbonyl (C=O) groups is 1. The summed E-state index contributed by atoms with van der Waals surface area (Å²) >= 11 is 1.71. The molecule has 3 N–H and O–H groups in total. The molecule has 0 aliphatic carbocycles. The third-order valence-corrected chi connectivity index (χ3v) is 3.81. The van der Waals surface area contributed by atoms with E-state index in [0.717, 1.165) is 12.2 Å². The molecule has 6 heteroatoms. The zero-order valence-corrected chi connectivity index (χ0v) is 12.7. The molecule has 0 aromatic carbocycles. The molecule has 1 amide bonds. The van der Waals surface area contributed by atoms with Gasteiger partial charge in [-0.3, -0.25) is 4.79 Å². The molecule has 0 fully saturated rings. The van der Waals surface area contributed by atoms with Crippen LogP contribution < -0.4 is 5.73 Å². The maximum atomic E-state index is 12.4. The minimum atomic E-state index is -0.559. The van der Waals surface area contributed by atoms with Gasteiger partial charge < -0.3 is 15.8 Å². The van der Waals surface area contributed by atoms with Crippen LogP contribution in [-0.4, -0.2) is 46.9 Å². The second kappa shape index (κ2) is 8.24. The molecule has 0 bridgehead atoms. The van der Waals surface area contributed by atoms with Gasteiger partial charge in [0.2, 0.25) is 5.91 Å². The van der Waals surface area contributed by atoms with Crippen LogP contribution >= 0.6 is 11.8 Å². The Balaban J connectivity index is 4.97. The highest BCUT2D eigenvalue weighted by Gasteiger charge is 2.31. The van der Waals surface area contributed by atoms with Crippen molar-refractivity contribution in [2.45, 2.75) is 33.2 Å². The Hall–Kier alpha value is -0.910. The predicted octanol–water partition coefficient (Wildman–Crippen LogP) is 1.60. The topological polar surface area (TPSA) is 78.9 Å². The average Bonchev–Trinajstić information content (AvgIpc) is 2.34. The largest absolute Gasteiger partial charge is 0.409 e. The van der Waals surface area contributed by atoms with Crippen LogP contribution in [-0.2, 0) is 4.79 Å². The molecule has 0 saturated heterocycles. The summed E-state index contributed by atoms with van der Waals surface area (Å²) in [7, 11) is 1.78. The van der Waals surface area contributed by atoms with Gasteiger partial charge >= 0.3 is 0 Å². The predicted molar refractivity (Wildman–Crippen MR) is 77.0 cm³/mol. The maximum Gasteiger partial charge on any atom is 0.233 e. The number of oxime groups is 1. The van der Waals surface area contributed by atoms with Crippen LogP contribution in [0.15, 0.2) is 5.16 Å². The average molecular weight is 275 g/mol. The molecule has 0 radical (unpaired) electrons. The Morgan fingerprint density at radius 3 is 2.39 bits per heavy atom. The second-order valence-electron chi connectivity index (χ2n) is 4.71. The number of rotatable bonds is 7. The van der Waals surface area contributed by atoms with Crippen LogP contribution in [0.3, 0.4) is 0 Å². The molecular formula is C12H25N3O2S. The van der Waals surface area contributed by atoms with Gasteiger partial charge in [-0.25, -0.2) is 0 Å². The molecule has 5 nitrogen and oxygen atoms in total. The van der Waals surface area contributed by atoms with Crippen molar-refractivity contribution in [3.63, 3.8) is 0 Å². The Morgan fingerprint density at radius 2 is 2.06 bits per heavy atom. The number of carbonyl (C=O) groups excluding carboxylic acids is 1. The smallest absolute Gasteiger partial charge is 0.233 e. The van der Waals surface area contributed by atoms with E-state index in [0.29, 0.717) is 0 Å². The summed E-state index contributed by atoms with van der Waals surface area (Å²) in [4.78, 5) is 14.1. The van der Waals surface area contributed by atoms with Crippen molar-refractivity contribution < 1.29 is 10.0 Å². The first-order chi connectivity index (χ1) is 8.40. The third kappa shape index (κ3) is 4.40. The molecule has 0 aliphatic heterocycles. The molecule has 2 atom stereocenters. The summed E-state index contributed by atoms with van der Waals surface area (Å²) in [6.07, 6.45) is 2.91. The van der Waals surface area contributed by atoms with E-state index in [1.165, 1.54) is 0 Å². The zero-order chi connectivity index (χ0) is 14.3. The normalized spacial score (nSPS) is 15.6. The first-order valence-corrected chi connectivity index (χ1v) is 7.53. The maximum absolute atomic E-state index is 12.4. The molecule has 0 saturated carbocycles. The van der Waals surface area contributed by atoms with Gasteiger partial charge in [-0.2, -0.15) is 11.8 Å². The summed E-state index contributed by atoms with van der Waals surface area (Å²) in [5.41, 5.74) is 5.62. The Bertz CT molecular complexity index is 295. The summed E-state index contributed by atoms with van der Waals surface area (Å²) in [6, 6.07) is 0.181. The fourth-order valence-electron chi connectivity index (χ4n) is 1.91. The number of hydrogen-bond acceptors (Lipinski definition) is 4. The molecule has 0 aromatic heterocycles. The van der Waals surface area contributed by atoms with E-state index in [1.807, 2.05) is 20.1 Å². The van der Waals surface area contributed by atoms with E-state index < -0.39 is 5.92 Å². The van der Waals surface area contributed by atoms with Crippen LogP contribution in [0.2, 0.25) is 0 Å². The number of hydrogen-bond donors (Lipinski definition) is 2. The van der Waals surface area contributed by atoms with E-state index >= 15 is 0 Å². The van der Waals surface area contributed by atoms with Crippen molar-refractivity contribution in [1.82, 2.24) is 4.90 Å². The minimum absolute atomic E-state index is 0.00244. The highest BCUT2D eigenvalue weighted by molar-refractivity contribution is 7.98. The van der Waals surface area contributed by atoms with Gasteiger partial charge in [-0.15, -0.1) is 0 Å². The van der Waals surface area contributed by atoms with Crippen LogP contribution in [0.1, 0.15) is 27.2 Å². The number of nitrogens with zero attached hydrogens (tertiary/aromatic N) is 2. The molecule has 0 rings (SSSR count). The molecule has 0 aromatic rings. The molecule has 106 valence electrons. The van der Waals surface area contributed by atoms with Crippen molar-refractivity contribution in [3.8, 4) is 0 Å². The molecule has 0 aliphatic rings. The molecule has 18 heavy (non-hydrogen) atoms. The van der Waals surface area contributed by atoms with Crippen molar-refractivity contribution in [2.75, 3.05) is 19.1 Å². The number of amidine groups is 1. The van der Waals surface area contributed by atoms with E-state index in [4.69, 9.17) is 10.9 Å².